The third-order valence-corrected chi connectivity index (χ3v) is 6.06. The molecule has 2 aliphatic rings. The van der Waals surface area contributed by atoms with Gasteiger partial charge < -0.3 is 10.2 Å². The van der Waals surface area contributed by atoms with E-state index in [0.717, 1.165) is 56.6 Å². The number of carbonyl (C=O) groups excluding carboxylic acids is 1. The summed E-state index contributed by atoms with van der Waals surface area (Å²) in [7, 11) is 4.09. The monoisotopic (exact) mass is 385 g/mol. The van der Waals surface area contributed by atoms with Crippen molar-refractivity contribution >= 4 is 5.91 Å². The first-order valence-corrected chi connectivity index (χ1v) is 10.0. The Hall–Kier alpha value is -2.25. The van der Waals surface area contributed by atoms with Crippen LogP contribution in [-0.4, -0.2) is 64.8 Å². The summed E-state index contributed by atoms with van der Waals surface area (Å²) in [6.07, 6.45) is 2.96. The molecule has 28 heavy (non-hydrogen) atoms. The molecule has 150 valence electrons. The van der Waals surface area contributed by atoms with E-state index in [1.807, 2.05) is 11.7 Å². The van der Waals surface area contributed by atoms with E-state index in [-0.39, 0.29) is 11.7 Å². The zero-order valence-electron chi connectivity index (χ0n) is 16.6. The Balaban J connectivity index is 1.45. The van der Waals surface area contributed by atoms with Crippen LogP contribution in [0.3, 0.4) is 0 Å². The zero-order valence-corrected chi connectivity index (χ0v) is 16.6. The number of aryl methyl sites for hydroxylation is 1. The Morgan fingerprint density at radius 1 is 1.18 bits per heavy atom. The number of likely N-dealkylation sites (N-methyl/N-ethyl adjacent to an activating group) is 1. The fourth-order valence-corrected chi connectivity index (χ4v) is 4.32. The largest absolute Gasteiger partial charge is 0.347 e. The van der Waals surface area contributed by atoms with E-state index < -0.39 is 0 Å². The lowest BCUT2D eigenvalue weighted by Gasteiger charge is -2.39. The van der Waals surface area contributed by atoms with Crippen LogP contribution < -0.4 is 5.32 Å². The fraction of sp³-hybridized carbons (Fsp3) is 0.524. The molecule has 1 aromatic heterocycles. The van der Waals surface area contributed by atoms with E-state index in [0.29, 0.717) is 18.3 Å². The molecule has 0 radical (unpaired) electrons. The van der Waals surface area contributed by atoms with E-state index in [1.165, 1.54) is 17.8 Å². The second-order valence-corrected chi connectivity index (χ2v) is 7.94. The first-order valence-electron chi connectivity index (χ1n) is 10.0. The summed E-state index contributed by atoms with van der Waals surface area (Å²) >= 11 is 0. The Kier molecular flexibility index (Phi) is 5.46. The molecule has 0 saturated carbocycles. The van der Waals surface area contributed by atoms with Crippen molar-refractivity contribution in [3.63, 3.8) is 0 Å². The van der Waals surface area contributed by atoms with Gasteiger partial charge >= 0.3 is 0 Å². The van der Waals surface area contributed by atoms with Crippen LogP contribution in [0.2, 0.25) is 0 Å². The second-order valence-electron chi connectivity index (χ2n) is 7.94. The van der Waals surface area contributed by atoms with Crippen LogP contribution in [0.5, 0.6) is 0 Å². The summed E-state index contributed by atoms with van der Waals surface area (Å²) in [5.74, 6) is -0.427. The van der Waals surface area contributed by atoms with E-state index in [9.17, 15) is 9.18 Å². The summed E-state index contributed by atoms with van der Waals surface area (Å²) in [6, 6.07) is 6.67. The maximum absolute atomic E-state index is 13.0. The van der Waals surface area contributed by atoms with Gasteiger partial charge in [-0.1, -0.05) is 12.1 Å². The maximum Gasteiger partial charge on any atom is 0.272 e. The molecule has 1 saturated heterocycles. The number of aromatic nitrogens is 2. The first-order chi connectivity index (χ1) is 13.5. The van der Waals surface area contributed by atoms with Gasteiger partial charge in [-0.2, -0.15) is 5.10 Å². The van der Waals surface area contributed by atoms with Gasteiger partial charge in [-0.25, -0.2) is 4.39 Å². The number of amides is 1. The standard InChI is InChI=1S/C21H28FN5O/c1-25-9-11-27(12-10-25)17-7-8-19-18(13-17)20(24-26(19)2)21(28)23-14-15-3-5-16(22)6-4-15/h3-6,17H,7-14H2,1-2H3,(H,23,28). The van der Waals surface area contributed by atoms with Crippen molar-refractivity contribution in [3.8, 4) is 0 Å². The van der Waals surface area contributed by atoms with Crippen molar-refractivity contribution in [1.29, 1.82) is 0 Å². The summed E-state index contributed by atoms with van der Waals surface area (Å²) in [4.78, 5) is 17.7. The molecule has 2 aromatic rings. The Morgan fingerprint density at radius 2 is 1.89 bits per heavy atom. The highest BCUT2D eigenvalue weighted by Gasteiger charge is 2.32. The number of hydrogen-bond donors (Lipinski definition) is 1. The van der Waals surface area contributed by atoms with E-state index in [1.54, 1.807) is 12.1 Å². The smallest absolute Gasteiger partial charge is 0.272 e. The topological polar surface area (TPSA) is 53.4 Å². The zero-order chi connectivity index (χ0) is 19.7. The summed E-state index contributed by atoms with van der Waals surface area (Å²) < 4.78 is 14.9. The maximum atomic E-state index is 13.0. The number of nitrogens with one attached hydrogen (secondary N) is 1. The Morgan fingerprint density at radius 3 is 2.61 bits per heavy atom. The predicted molar refractivity (Wildman–Crippen MR) is 106 cm³/mol. The van der Waals surface area contributed by atoms with Gasteiger partial charge in [0.2, 0.25) is 0 Å². The number of rotatable bonds is 4. The molecular weight excluding hydrogens is 357 g/mol. The van der Waals surface area contributed by atoms with Gasteiger partial charge in [-0.3, -0.25) is 14.4 Å². The second kappa shape index (κ2) is 8.01. The SMILES string of the molecule is CN1CCN(C2CCc3c(c(C(=O)NCc4ccc(F)cc4)nn3C)C2)CC1. The number of hydrogen-bond acceptors (Lipinski definition) is 4. The van der Waals surface area contributed by atoms with E-state index in [4.69, 9.17) is 0 Å². The van der Waals surface area contributed by atoms with Crippen LogP contribution in [-0.2, 0) is 26.4 Å². The summed E-state index contributed by atoms with van der Waals surface area (Å²) in [6.45, 7) is 4.74. The summed E-state index contributed by atoms with van der Waals surface area (Å²) in [5, 5.41) is 7.47. The lowest BCUT2D eigenvalue weighted by molar-refractivity contribution is 0.0938. The minimum atomic E-state index is -0.274. The third kappa shape index (κ3) is 3.95. The minimum Gasteiger partial charge on any atom is -0.347 e. The lowest BCUT2D eigenvalue weighted by Crippen LogP contribution is -2.50. The molecule has 1 unspecified atom stereocenters. The molecule has 6 nitrogen and oxygen atoms in total. The summed E-state index contributed by atoms with van der Waals surface area (Å²) in [5.41, 5.74) is 3.68. The van der Waals surface area contributed by atoms with Crippen LogP contribution in [0, 0.1) is 5.82 Å². The molecule has 1 N–H and O–H groups in total. The number of piperazine rings is 1. The van der Waals surface area contributed by atoms with E-state index >= 15 is 0 Å². The number of halogens is 1. The quantitative estimate of drug-likeness (QED) is 0.869. The highest BCUT2D eigenvalue weighted by molar-refractivity contribution is 5.94. The van der Waals surface area contributed by atoms with Crippen molar-refractivity contribution < 1.29 is 9.18 Å². The molecule has 1 atom stereocenters. The van der Waals surface area contributed by atoms with E-state index in [2.05, 4.69) is 27.3 Å². The molecule has 0 spiro atoms. The molecule has 0 bridgehead atoms. The minimum absolute atomic E-state index is 0.153. The van der Waals surface area contributed by atoms with Crippen LogP contribution >= 0.6 is 0 Å². The van der Waals surface area contributed by atoms with Crippen molar-refractivity contribution in [2.45, 2.75) is 31.8 Å². The van der Waals surface area contributed by atoms with Crippen LogP contribution in [0.4, 0.5) is 4.39 Å². The average molecular weight is 385 g/mol. The number of benzene rings is 1. The van der Waals surface area contributed by atoms with Crippen LogP contribution in [0.1, 0.15) is 33.7 Å². The molecule has 1 aliphatic carbocycles. The van der Waals surface area contributed by atoms with Gasteiger partial charge in [0, 0.05) is 57.1 Å². The molecular formula is C21H28FN5O. The van der Waals surface area contributed by atoms with Gasteiger partial charge in [0.15, 0.2) is 5.69 Å². The molecule has 1 amide bonds. The Labute approximate surface area is 165 Å². The fourth-order valence-electron chi connectivity index (χ4n) is 4.32. The number of carbonyl (C=O) groups is 1. The first kappa shape index (κ1) is 19.1. The lowest BCUT2D eigenvalue weighted by atomic mass is 9.90. The van der Waals surface area contributed by atoms with Gasteiger partial charge in [0.1, 0.15) is 5.82 Å². The molecule has 1 fully saturated rings. The van der Waals surface area contributed by atoms with Crippen LogP contribution in [0.25, 0.3) is 0 Å². The van der Waals surface area contributed by atoms with Crippen molar-refractivity contribution in [1.82, 2.24) is 24.9 Å². The highest BCUT2D eigenvalue weighted by atomic mass is 19.1. The number of fused-ring (bicyclic) bond motifs is 1. The molecule has 1 aromatic carbocycles. The number of nitrogens with zero attached hydrogens (tertiary/aromatic N) is 4. The third-order valence-electron chi connectivity index (χ3n) is 6.06. The van der Waals surface area contributed by atoms with Crippen molar-refractivity contribution in [3.05, 3.63) is 52.6 Å². The molecule has 1 aliphatic heterocycles. The molecule has 2 heterocycles. The normalized spacial score (nSPS) is 20.8. The van der Waals surface area contributed by atoms with Gasteiger partial charge in [0.25, 0.3) is 5.91 Å². The van der Waals surface area contributed by atoms with Crippen LogP contribution in [0.15, 0.2) is 24.3 Å². The Bertz CT molecular complexity index is 839. The predicted octanol–water partition coefficient (Wildman–Crippen LogP) is 1.59. The van der Waals surface area contributed by atoms with Crippen molar-refractivity contribution in [2.24, 2.45) is 7.05 Å². The molecule has 4 rings (SSSR count). The van der Waals surface area contributed by atoms with Gasteiger partial charge in [-0.05, 0) is 44.0 Å². The average Bonchev–Trinajstić information content (AvgIpc) is 3.04. The van der Waals surface area contributed by atoms with Gasteiger partial charge in [0.05, 0.1) is 0 Å². The van der Waals surface area contributed by atoms with Gasteiger partial charge in [-0.15, -0.1) is 0 Å². The molecule has 7 heteroatoms. The highest BCUT2D eigenvalue weighted by Crippen LogP contribution is 2.27. The van der Waals surface area contributed by atoms with Crippen molar-refractivity contribution in [2.75, 3.05) is 33.2 Å².